The molecule has 0 N–H and O–H groups in total. The Hall–Kier alpha value is -2.37. The van der Waals surface area contributed by atoms with Crippen molar-refractivity contribution in [1.29, 1.82) is 0 Å². The highest BCUT2D eigenvalue weighted by Crippen LogP contribution is 2.31. The largest absolute Gasteiger partial charge is 0.308 e. The number of anilines is 1. The molecule has 154 valence electrons. The zero-order chi connectivity index (χ0) is 20.8. The molecule has 0 atom stereocenters. The quantitative estimate of drug-likeness (QED) is 0.579. The number of carbonyl (C=O) groups is 1. The molecule has 1 amide bonds. The number of benzene rings is 1. The smallest absolute Gasteiger partial charge is 0.298 e. The van der Waals surface area contributed by atoms with Crippen LogP contribution in [0.25, 0.3) is 10.2 Å². The number of aromatic nitrogens is 4. The minimum atomic E-state index is -3.32. The zero-order valence-electron chi connectivity index (χ0n) is 16.5. The van der Waals surface area contributed by atoms with Gasteiger partial charge < -0.3 is 9.47 Å². The highest BCUT2D eigenvalue weighted by Gasteiger charge is 2.29. The van der Waals surface area contributed by atoms with Gasteiger partial charge in [0.05, 0.1) is 15.1 Å². The Morgan fingerprint density at radius 2 is 2.03 bits per heavy atom. The van der Waals surface area contributed by atoms with Crippen LogP contribution in [0.4, 0.5) is 5.13 Å². The first kappa shape index (κ1) is 19.9. The standard InChI is InChI=1S/C18H22N6O3S2/c1-22(2)9-10-24(17(25)16-21-20-15-5-4-8-23(15)16)18-19-13-7-6-12(29(3,26)27)11-14(13)28-18/h6-7,11H,4-5,8-10H2,1-3H3. The lowest BCUT2D eigenvalue weighted by molar-refractivity contribution is 0.0971. The first-order valence-corrected chi connectivity index (χ1v) is 11.9. The lowest BCUT2D eigenvalue weighted by Crippen LogP contribution is -2.38. The monoisotopic (exact) mass is 434 g/mol. The van der Waals surface area contributed by atoms with Gasteiger partial charge >= 0.3 is 0 Å². The van der Waals surface area contributed by atoms with E-state index in [2.05, 4.69) is 15.2 Å². The summed E-state index contributed by atoms with van der Waals surface area (Å²) < 4.78 is 26.3. The van der Waals surface area contributed by atoms with Gasteiger partial charge in [0.2, 0.25) is 5.82 Å². The Morgan fingerprint density at radius 3 is 2.76 bits per heavy atom. The Morgan fingerprint density at radius 1 is 1.24 bits per heavy atom. The summed E-state index contributed by atoms with van der Waals surface area (Å²) >= 11 is 1.30. The maximum Gasteiger partial charge on any atom is 0.298 e. The van der Waals surface area contributed by atoms with Crippen molar-refractivity contribution in [2.24, 2.45) is 0 Å². The summed E-state index contributed by atoms with van der Waals surface area (Å²) in [7, 11) is 0.562. The van der Waals surface area contributed by atoms with E-state index in [4.69, 9.17) is 0 Å². The lowest BCUT2D eigenvalue weighted by atomic mass is 10.3. The van der Waals surface area contributed by atoms with Gasteiger partial charge in [-0.15, -0.1) is 10.2 Å². The second-order valence-corrected chi connectivity index (χ2v) is 10.4. The van der Waals surface area contributed by atoms with Crippen LogP contribution in [0.5, 0.6) is 0 Å². The van der Waals surface area contributed by atoms with Gasteiger partial charge in [-0.3, -0.25) is 9.69 Å². The molecule has 3 aromatic rings. The third kappa shape index (κ3) is 3.89. The Kier molecular flexibility index (Phi) is 5.13. The molecule has 0 bridgehead atoms. The fourth-order valence-corrected chi connectivity index (χ4v) is 5.00. The van der Waals surface area contributed by atoms with Crippen LogP contribution in [0.2, 0.25) is 0 Å². The summed E-state index contributed by atoms with van der Waals surface area (Å²) in [5, 5.41) is 8.78. The third-order valence-corrected chi connectivity index (χ3v) is 6.98. The molecule has 0 aliphatic carbocycles. The van der Waals surface area contributed by atoms with Crippen molar-refractivity contribution < 1.29 is 13.2 Å². The Labute approximate surface area is 172 Å². The molecule has 3 heterocycles. The van der Waals surface area contributed by atoms with Crippen LogP contribution >= 0.6 is 11.3 Å². The fraction of sp³-hybridized carbons (Fsp3) is 0.444. The van der Waals surface area contributed by atoms with Crippen LogP contribution in [0.15, 0.2) is 23.1 Å². The highest BCUT2D eigenvalue weighted by molar-refractivity contribution is 7.90. The molecule has 1 aliphatic rings. The molecular weight excluding hydrogens is 412 g/mol. The molecule has 0 radical (unpaired) electrons. The van der Waals surface area contributed by atoms with Crippen LogP contribution < -0.4 is 4.90 Å². The average molecular weight is 435 g/mol. The number of fused-ring (bicyclic) bond motifs is 2. The molecule has 29 heavy (non-hydrogen) atoms. The van der Waals surface area contributed by atoms with Crippen molar-refractivity contribution in [1.82, 2.24) is 24.6 Å². The minimum Gasteiger partial charge on any atom is -0.308 e. The van der Waals surface area contributed by atoms with E-state index in [0.29, 0.717) is 29.6 Å². The summed E-state index contributed by atoms with van der Waals surface area (Å²) in [6, 6.07) is 4.82. The van der Waals surface area contributed by atoms with E-state index in [1.807, 2.05) is 23.6 Å². The second kappa shape index (κ2) is 7.47. The molecule has 11 heteroatoms. The number of amides is 1. The highest BCUT2D eigenvalue weighted by atomic mass is 32.2. The van der Waals surface area contributed by atoms with Gasteiger partial charge in [0.1, 0.15) is 5.82 Å². The van der Waals surface area contributed by atoms with E-state index in [1.54, 1.807) is 23.1 Å². The first-order valence-electron chi connectivity index (χ1n) is 9.23. The topological polar surface area (TPSA) is 101 Å². The van der Waals surface area contributed by atoms with Crippen LogP contribution in [0.3, 0.4) is 0 Å². The van der Waals surface area contributed by atoms with Crippen molar-refractivity contribution >= 4 is 42.4 Å². The molecule has 0 saturated heterocycles. The molecule has 0 unspecified atom stereocenters. The fourth-order valence-electron chi connectivity index (χ4n) is 3.25. The number of hydrogen-bond donors (Lipinski definition) is 0. The maximum atomic E-state index is 13.3. The molecule has 0 saturated carbocycles. The maximum absolute atomic E-state index is 13.3. The van der Waals surface area contributed by atoms with Crippen LogP contribution in [-0.4, -0.2) is 72.4 Å². The summed E-state index contributed by atoms with van der Waals surface area (Å²) in [5.74, 6) is 0.922. The number of thiazole rings is 1. The molecular formula is C18H22N6O3S2. The summed E-state index contributed by atoms with van der Waals surface area (Å²) in [6.45, 7) is 1.83. The number of sulfone groups is 1. The number of rotatable bonds is 6. The molecule has 2 aromatic heterocycles. The van der Waals surface area contributed by atoms with Crippen LogP contribution in [0, 0.1) is 0 Å². The SMILES string of the molecule is CN(C)CCN(C(=O)c1nnc2n1CCC2)c1nc2ccc(S(C)(=O)=O)cc2s1. The van der Waals surface area contributed by atoms with Crippen LogP contribution in [0.1, 0.15) is 22.9 Å². The Bertz CT molecular complexity index is 1180. The summed E-state index contributed by atoms with van der Waals surface area (Å²) in [6.07, 6.45) is 2.96. The normalized spacial score (nSPS) is 13.9. The predicted molar refractivity (Wildman–Crippen MR) is 111 cm³/mol. The van der Waals surface area contributed by atoms with Crippen molar-refractivity contribution in [3.63, 3.8) is 0 Å². The molecule has 1 aliphatic heterocycles. The van der Waals surface area contributed by atoms with Crippen molar-refractivity contribution in [2.45, 2.75) is 24.3 Å². The summed E-state index contributed by atoms with van der Waals surface area (Å²) in [4.78, 5) is 21.8. The van der Waals surface area contributed by atoms with Crippen molar-refractivity contribution in [3.05, 3.63) is 29.8 Å². The van der Waals surface area contributed by atoms with E-state index in [-0.39, 0.29) is 10.8 Å². The Balaban J connectivity index is 1.73. The summed E-state index contributed by atoms with van der Waals surface area (Å²) in [5.41, 5.74) is 0.659. The number of nitrogens with zero attached hydrogens (tertiary/aromatic N) is 6. The van der Waals surface area contributed by atoms with Crippen molar-refractivity contribution in [3.8, 4) is 0 Å². The number of likely N-dealkylation sites (N-methyl/N-ethyl adjacent to an activating group) is 1. The molecule has 1 aromatic carbocycles. The van der Waals surface area contributed by atoms with Gasteiger partial charge in [0.15, 0.2) is 15.0 Å². The van der Waals surface area contributed by atoms with E-state index in [1.165, 1.54) is 17.6 Å². The van der Waals surface area contributed by atoms with E-state index >= 15 is 0 Å². The van der Waals surface area contributed by atoms with Crippen molar-refractivity contribution in [2.75, 3.05) is 38.3 Å². The molecule has 0 spiro atoms. The van der Waals surface area contributed by atoms with Gasteiger partial charge in [-0.1, -0.05) is 11.3 Å². The predicted octanol–water partition coefficient (Wildman–Crippen LogP) is 1.45. The van der Waals surface area contributed by atoms with Gasteiger partial charge in [-0.05, 0) is 38.7 Å². The molecule has 9 nitrogen and oxygen atoms in total. The van der Waals surface area contributed by atoms with E-state index < -0.39 is 9.84 Å². The second-order valence-electron chi connectivity index (χ2n) is 7.35. The van der Waals surface area contributed by atoms with Gasteiger partial charge in [-0.2, -0.15) is 0 Å². The first-order chi connectivity index (χ1) is 13.7. The number of aryl methyl sites for hydroxylation is 1. The lowest BCUT2D eigenvalue weighted by Gasteiger charge is -2.21. The number of carbonyl (C=O) groups excluding carboxylic acids is 1. The van der Waals surface area contributed by atoms with Gasteiger partial charge in [0, 0.05) is 32.3 Å². The van der Waals surface area contributed by atoms with Crippen LogP contribution in [-0.2, 0) is 22.8 Å². The van der Waals surface area contributed by atoms with Gasteiger partial charge in [-0.25, -0.2) is 13.4 Å². The van der Waals surface area contributed by atoms with Gasteiger partial charge in [0.25, 0.3) is 5.91 Å². The van der Waals surface area contributed by atoms with E-state index in [0.717, 1.165) is 29.9 Å². The number of hydrogen-bond acceptors (Lipinski definition) is 8. The zero-order valence-corrected chi connectivity index (χ0v) is 18.1. The molecule has 0 fully saturated rings. The minimum absolute atomic E-state index is 0.238. The molecule has 4 rings (SSSR count). The average Bonchev–Trinajstić information content (AvgIpc) is 3.35. The van der Waals surface area contributed by atoms with E-state index in [9.17, 15) is 13.2 Å². The third-order valence-electron chi connectivity index (χ3n) is 4.82.